The first-order valence-corrected chi connectivity index (χ1v) is 13.9. The number of nitrogens with one attached hydrogen (secondary N) is 2. The third-order valence-electron chi connectivity index (χ3n) is 6.42. The molecule has 1 atom stereocenters. The van der Waals surface area contributed by atoms with Crippen molar-refractivity contribution in [1.29, 1.82) is 4.78 Å². The van der Waals surface area contributed by atoms with E-state index in [2.05, 4.69) is 15.5 Å². The Balaban J connectivity index is 1.78. The van der Waals surface area contributed by atoms with Gasteiger partial charge in [-0.3, -0.25) is 4.79 Å². The minimum atomic E-state index is -3.03. The van der Waals surface area contributed by atoms with Crippen LogP contribution in [0.25, 0.3) is 11.3 Å². The van der Waals surface area contributed by atoms with Crippen molar-refractivity contribution in [3.63, 3.8) is 0 Å². The zero-order valence-electron chi connectivity index (χ0n) is 20.8. The second-order valence-corrected chi connectivity index (χ2v) is 11.5. The molecule has 1 aromatic heterocycles. The normalized spacial score (nSPS) is 17.1. The zero-order valence-corrected chi connectivity index (χ0v) is 21.6. The lowest BCUT2D eigenvalue weighted by Crippen LogP contribution is -2.30. The van der Waals surface area contributed by atoms with Gasteiger partial charge in [0.15, 0.2) is 5.82 Å². The lowest BCUT2D eigenvalue weighted by atomic mass is 10.0. The summed E-state index contributed by atoms with van der Waals surface area (Å²) in [6.07, 6.45) is -1.85. The molecule has 0 aliphatic carbocycles. The lowest BCUT2D eigenvalue weighted by molar-refractivity contribution is -0.0102. The van der Waals surface area contributed by atoms with Gasteiger partial charge in [-0.25, -0.2) is 26.6 Å². The summed E-state index contributed by atoms with van der Waals surface area (Å²) in [5.74, 6) is -3.28. The van der Waals surface area contributed by atoms with E-state index in [4.69, 9.17) is 4.78 Å². The first-order valence-electron chi connectivity index (χ1n) is 11.9. The van der Waals surface area contributed by atoms with Crippen LogP contribution < -0.4 is 10.2 Å². The van der Waals surface area contributed by atoms with Crippen molar-refractivity contribution in [2.75, 3.05) is 29.6 Å². The average molecular weight is 550 g/mol. The number of benzene rings is 2. The first-order chi connectivity index (χ1) is 17.9. The Morgan fingerprint density at radius 3 is 2.47 bits per heavy atom. The molecule has 3 aromatic rings. The Kier molecular flexibility index (Phi) is 7.73. The summed E-state index contributed by atoms with van der Waals surface area (Å²) in [6, 6.07) is 11.5. The molecule has 4 rings (SSSR count). The average Bonchev–Trinajstić information content (AvgIpc) is 3.03. The Morgan fingerprint density at radius 1 is 1.11 bits per heavy atom. The predicted molar refractivity (Wildman–Crippen MR) is 138 cm³/mol. The standard InChI is InChI=1S/C26H27F4N5O2S/c1-16-21(25(36)32-19-5-3-6-20(15-19)38(2,31)37)24(35-13-4-11-26(29,30)12-14-35)34-33-22(16)17-7-9-18(10-8-17)23(27)28/h3,5-10,15,23,31H,4,11-14H2,1-2H3,(H,32,36). The number of hydrogen-bond acceptors (Lipinski definition) is 6. The van der Waals surface area contributed by atoms with E-state index in [1.54, 1.807) is 24.0 Å². The van der Waals surface area contributed by atoms with E-state index < -0.39 is 34.4 Å². The van der Waals surface area contributed by atoms with E-state index in [0.29, 0.717) is 16.8 Å². The summed E-state index contributed by atoms with van der Waals surface area (Å²) in [5, 5.41) is 11.2. The Hall–Kier alpha value is -3.54. The topological polar surface area (TPSA) is 99.0 Å². The maximum absolute atomic E-state index is 14.1. The van der Waals surface area contributed by atoms with Gasteiger partial charge in [0.1, 0.15) is 0 Å². The number of amides is 1. The maximum Gasteiger partial charge on any atom is 0.263 e. The monoisotopic (exact) mass is 549 g/mol. The lowest BCUT2D eigenvalue weighted by Gasteiger charge is -2.25. The van der Waals surface area contributed by atoms with Gasteiger partial charge in [-0.2, -0.15) is 0 Å². The van der Waals surface area contributed by atoms with Crippen LogP contribution in [0, 0.1) is 11.7 Å². The first kappa shape index (κ1) is 27.5. The van der Waals surface area contributed by atoms with Crippen molar-refractivity contribution in [3.05, 3.63) is 65.2 Å². The van der Waals surface area contributed by atoms with Crippen LogP contribution in [0.5, 0.6) is 0 Å². The van der Waals surface area contributed by atoms with E-state index in [1.807, 2.05) is 0 Å². The van der Waals surface area contributed by atoms with Crippen molar-refractivity contribution in [2.24, 2.45) is 0 Å². The summed E-state index contributed by atoms with van der Waals surface area (Å²) < 4.78 is 74.2. The Labute approximate surface area is 218 Å². The summed E-state index contributed by atoms with van der Waals surface area (Å²) in [6.45, 7) is 1.85. The molecule has 38 heavy (non-hydrogen) atoms. The number of hydrogen-bond donors (Lipinski definition) is 2. The quantitative estimate of drug-likeness (QED) is 0.352. The maximum atomic E-state index is 14.1. The van der Waals surface area contributed by atoms with E-state index in [-0.39, 0.29) is 53.5 Å². The van der Waals surface area contributed by atoms with Crippen molar-refractivity contribution in [3.8, 4) is 11.3 Å². The Bertz CT molecular complexity index is 1450. The molecule has 0 bridgehead atoms. The van der Waals surface area contributed by atoms with Crippen LogP contribution in [0.15, 0.2) is 53.4 Å². The summed E-state index contributed by atoms with van der Waals surface area (Å²) in [5.41, 5.74) is 1.37. The fraction of sp³-hybridized carbons (Fsp3) is 0.346. The number of nitrogens with zero attached hydrogens (tertiary/aromatic N) is 3. The third-order valence-corrected chi connectivity index (χ3v) is 7.57. The Morgan fingerprint density at radius 2 is 1.82 bits per heavy atom. The van der Waals surface area contributed by atoms with E-state index in [9.17, 15) is 26.6 Å². The number of carbonyl (C=O) groups is 1. The zero-order chi connectivity index (χ0) is 27.7. The minimum absolute atomic E-state index is 0.0317. The molecule has 1 fully saturated rings. The second kappa shape index (κ2) is 10.7. The fourth-order valence-corrected chi connectivity index (χ4v) is 5.04. The van der Waals surface area contributed by atoms with Gasteiger partial charge in [0.25, 0.3) is 12.3 Å². The van der Waals surface area contributed by atoms with E-state index in [0.717, 1.165) is 0 Å². The largest absolute Gasteiger partial charge is 0.354 e. The smallest absolute Gasteiger partial charge is 0.263 e. The molecule has 0 radical (unpaired) electrons. The van der Waals surface area contributed by atoms with Crippen LogP contribution >= 0.6 is 0 Å². The van der Waals surface area contributed by atoms with Gasteiger partial charge in [0.2, 0.25) is 5.92 Å². The molecule has 12 heteroatoms. The van der Waals surface area contributed by atoms with Crippen LogP contribution in [0.1, 0.15) is 47.2 Å². The van der Waals surface area contributed by atoms with Crippen molar-refractivity contribution >= 4 is 27.1 Å². The van der Waals surface area contributed by atoms with Gasteiger partial charge in [0.05, 0.1) is 21.0 Å². The highest BCUT2D eigenvalue weighted by Gasteiger charge is 2.34. The summed E-state index contributed by atoms with van der Waals surface area (Å²) >= 11 is 0. The molecule has 1 aliphatic heterocycles. The molecule has 2 aromatic carbocycles. The number of alkyl halides is 4. The van der Waals surface area contributed by atoms with E-state index in [1.165, 1.54) is 42.7 Å². The van der Waals surface area contributed by atoms with Crippen molar-refractivity contribution < 1.29 is 26.6 Å². The molecule has 7 nitrogen and oxygen atoms in total. The van der Waals surface area contributed by atoms with Crippen molar-refractivity contribution in [2.45, 2.75) is 43.4 Å². The van der Waals surface area contributed by atoms with Crippen LogP contribution in [-0.4, -0.2) is 45.6 Å². The van der Waals surface area contributed by atoms with Crippen molar-refractivity contribution in [1.82, 2.24) is 10.2 Å². The van der Waals surface area contributed by atoms with Crippen LogP contribution in [0.4, 0.5) is 29.1 Å². The predicted octanol–water partition coefficient (Wildman–Crippen LogP) is 6.30. The van der Waals surface area contributed by atoms with Crippen LogP contribution in [-0.2, 0) is 9.73 Å². The summed E-state index contributed by atoms with van der Waals surface area (Å²) in [7, 11) is -3.03. The molecule has 0 saturated carbocycles. The highest BCUT2D eigenvalue weighted by molar-refractivity contribution is 7.91. The molecule has 0 spiro atoms. The molecule has 1 unspecified atom stereocenters. The van der Waals surface area contributed by atoms with Gasteiger partial charge in [-0.15, -0.1) is 10.2 Å². The van der Waals surface area contributed by atoms with Gasteiger partial charge < -0.3 is 10.2 Å². The van der Waals surface area contributed by atoms with Gasteiger partial charge in [-0.1, -0.05) is 30.3 Å². The molecular weight excluding hydrogens is 522 g/mol. The number of anilines is 2. The second-order valence-electron chi connectivity index (χ2n) is 9.32. The third kappa shape index (κ3) is 6.12. The highest BCUT2D eigenvalue weighted by atomic mass is 32.2. The number of rotatable bonds is 6. The number of carbonyl (C=O) groups excluding carboxylic acids is 1. The number of aromatic nitrogens is 2. The SMILES string of the molecule is Cc1c(-c2ccc(C(F)F)cc2)nnc(N2CCCC(F)(F)CC2)c1C(=O)Nc1cccc(S(C)(=N)=O)c1. The van der Waals surface area contributed by atoms with Crippen LogP contribution in [0.3, 0.4) is 0 Å². The molecule has 2 heterocycles. The van der Waals surface area contributed by atoms with Gasteiger partial charge in [0, 0.05) is 53.9 Å². The number of halogens is 4. The molecule has 1 saturated heterocycles. The molecular formula is C26H27F4N5O2S. The molecule has 1 amide bonds. The van der Waals surface area contributed by atoms with Crippen LogP contribution in [0.2, 0.25) is 0 Å². The fourth-order valence-electron chi connectivity index (χ4n) is 4.35. The molecule has 2 N–H and O–H groups in total. The van der Waals surface area contributed by atoms with E-state index >= 15 is 0 Å². The molecule has 1 aliphatic rings. The van der Waals surface area contributed by atoms with Gasteiger partial charge in [-0.05, 0) is 37.1 Å². The van der Waals surface area contributed by atoms with Gasteiger partial charge >= 0.3 is 0 Å². The summed E-state index contributed by atoms with van der Waals surface area (Å²) in [4.78, 5) is 15.5. The molecule has 202 valence electrons. The minimum Gasteiger partial charge on any atom is -0.354 e. The highest BCUT2D eigenvalue weighted by Crippen LogP contribution is 2.34.